The van der Waals surface area contributed by atoms with Crippen molar-refractivity contribution >= 4 is 38.6 Å². The van der Waals surface area contributed by atoms with Gasteiger partial charge in [0.2, 0.25) is 15.9 Å². The highest BCUT2D eigenvalue weighted by atomic mass is 32.2. The van der Waals surface area contributed by atoms with E-state index in [1.807, 2.05) is 24.3 Å². The molecule has 1 saturated carbocycles. The van der Waals surface area contributed by atoms with Crippen LogP contribution >= 0.6 is 0 Å². The van der Waals surface area contributed by atoms with Gasteiger partial charge in [0.15, 0.2) is 0 Å². The van der Waals surface area contributed by atoms with Crippen molar-refractivity contribution in [3.05, 3.63) is 48.3 Å². The molecule has 1 aromatic carbocycles. The molecular weight excluding hydrogens is 513 g/mol. The van der Waals surface area contributed by atoms with E-state index in [1.54, 1.807) is 18.3 Å². The Morgan fingerprint density at radius 1 is 1.11 bits per heavy atom. The lowest BCUT2D eigenvalue weighted by Crippen LogP contribution is -2.37. The molecule has 0 atom stereocenters. The predicted octanol–water partition coefficient (Wildman–Crippen LogP) is 4.23. The number of aromatic nitrogens is 2. The second-order valence-electron chi connectivity index (χ2n) is 8.75. The predicted molar refractivity (Wildman–Crippen MR) is 132 cm³/mol. The molecule has 0 saturated heterocycles. The number of anilines is 1. The first kappa shape index (κ1) is 28.0. The molecule has 9 nitrogen and oxygen atoms in total. The van der Waals surface area contributed by atoms with Crippen molar-refractivity contribution in [2.45, 2.75) is 50.7 Å². The number of carboxylic acid groups (broad SMARTS) is 1. The Hall–Kier alpha value is -3.61. The van der Waals surface area contributed by atoms with E-state index in [2.05, 4.69) is 20.0 Å². The standard InChI is InChI=1S/C22H26N4O3S.C2HF3O2/c1-30(28,29)26-17-9-7-15(8-10-17)19-11-12-23-22-20(19)13-18(25-22)14-21(27)24-16-5-3-2-4-6-16;3-2(4,5)1(6)7/h7-13,16,26H,2-6,14H2,1H3,(H,23,25)(H,24,27);(H,6,7). The molecule has 4 N–H and O–H groups in total. The van der Waals surface area contributed by atoms with E-state index in [-0.39, 0.29) is 5.91 Å². The van der Waals surface area contributed by atoms with Gasteiger partial charge in [0.1, 0.15) is 5.65 Å². The van der Waals surface area contributed by atoms with Gasteiger partial charge in [-0.05, 0) is 48.2 Å². The van der Waals surface area contributed by atoms with Crippen molar-refractivity contribution in [1.82, 2.24) is 15.3 Å². The molecule has 37 heavy (non-hydrogen) atoms. The third-order valence-corrected chi connectivity index (χ3v) is 6.26. The zero-order valence-corrected chi connectivity index (χ0v) is 20.7. The number of H-pyrrole nitrogens is 1. The fourth-order valence-electron chi connectivity index (χ4n) is 4.06. The number of hydrogen-bond acceptors (Lipinski definition) is 5. The van der Waals surface area contributed by atoms with Crippen LogP contribution in [0.1, 0.15) is 37.8 Å². The number of aromatic amines is 1. The monoisotopic (exact) mass is 540 g/mol. The molecule has 0 radical (unpaired) electrons. The molecule has 1 aliphatic rings. The van der Waals surface area contributed by atoms with Crippen LogP contribution in [0.3, 0.4) is 0 Å². The number of nitrogens with one attached hydrogen (secondary N) is 3. The van der Waals surface area contributed by atoms with Crippen molar-refractivity contribution in [1.29, 1.82) is 0 Å². The highest BCUT2D eigenvalue weighted by molar-refractivity contribution is 7.92. The minimum atomic E-state index is -5.08. The van der Waals surface area contributed by atoms with Gasteiger partial charge in [-0.2, -0.15) is 13.2 Å². The molecule has 1 amide bonds. The first-order valence-corrected chi connectivity index (χ1v) is 13.4. The maximum absolute atomic E-state index is 12.5. The normalized spacial score (nSPS) is 14.5. The Balaban J connectivity index is 0.000000479. The molecule has 4 rings (SSSR count). The van der Waals surface area contributed by atoms with E-state index >= 15 is 0 Å². The third-order valence-electron chi connectivity index (χ3n) is 5.65. The number of aliphatic carboxylic acids is 1. The first-order valence-electron chi connectivity index (χ1n) is 11.5. The molecule has 3 aromatic rings. The highest BCUT2D eigenvalue weighted by Gasteiger charge is 2.38. The van der Waals surface area contributed by atoms with Gasteiger partial charge in [0.25, 0.3) is 0 Å². The molecule has 0 aliphatic heterocycles. The van der Waals surface area contributed by atoms with Gasteiger partial charge in [-0.1, -0.05) is 31.4 Å². The van der Waals surface area contributed by atoms with Gasteiger partial charge in [0, 0.05) is 29.0 Å². The maximum Gasteiger partial charge on any atom is 0.490 e. The van der Waals surface area contributed by atoms with Crippen LogP contribution < -0.4 is 10.0 Å². The summed E-state index contributed by atoms with van der Waals surface area (Å²) in [6, 6.07) is 11.4. The number of pyridine rings is 1. The fourth-order valence-corrected chi connectivity index (χ4v) is 4.62. The van der Waals surface area contributed by atoms with E-state index in [9.17, 15) is 26.4 Å². The number of halogens is 3. The van der Waals surface area contributed by atoms with Crippen molar-refractivity contribution in [3.8, 4) is 11.1 Å². The number of hydrogen-bond donors (Lipinski definition) is 4. The number of sulfonamides is 1. The van der Waals surface area contributed by atoms with Crippen LogP contribution in [0.5, 0.6) is 0 Å². The molecule has 2 aromatic heterocycles. The van der Waals surface area contributed by atoms with Crippen LogP contribution in [-0.2, 0) is 26.0 Å². The SMILES string of the molecule is CS(=O)(=O)Nc1ccc(-c2ccnc3[nH]c(CC(=O)NC4CCCCC4)cc23)cc1.O=C(O)C(F)(F)F. The molecule has 13 heteroatoms. The van der Waals surface area contributed by atoms with Gasteiger partial charge >= 0.3 is 12.1 Å². The molecule has 0 bridgehead atoms. The Kier molecular flexibility index (Phi) is 8.79. The van der Waals surface area contributed by atoms with Crippen LogP contribution in [0.2, 0.25) is 0 Å². The summed E-state index contributed by atoms with van der Waals surface area (Å²) < 4.78 is 57.0. The van der Waals surface area contributed by atoms with Crippen molar-refractivity contribution in [2.24, 2.45) is 0 Å². The molecule has 200 valence electrons. The number of carbonyl (C=O) groups excluding carboxylic acids is 1. The van der Waals surface area contributed by atoms with Crippen LogP contribution in [-0.4, -0.2) is 53.8 Å². The van der Waals surface area contributed by atoms with E-state index in [0.29, 0.717) is 18.2 Å². The van der Waals surface area contributed by atoms with Crippen LogP contribution in [0.15, 0.2) is 42.6 Å². The topological polar surface area (TPSA) is 141 Å². The number of benzene rings is 1. The summed E-state index contributed by atoms with van der Waals surface area (Å²) in [6.45, 7) is 0. The summed E-state index contributed by atoms with van der Waals surface area (Å²) >= 11 is 0. The summed E-state index contributed by atoms with van der Waals surface area (Å²) in [4.78, 5) is 29.0. The van der Waals surface area contributed by atoms with Gasteiger partial charge < -0.3 is 15.4 Å². The van der Waals surface area contributed by atoms with Crippen molar-refractivity contribution in [3.63, 3.8) is 0 Å². The van der Waals surface area contributed by atoms with Crippen molar-refractivity contribution in [2.75, 3.05) is 11.0 Å². The molecular formula is C24H27F3N4O5S. The van der Waals surface area contributed by atoms with E-state index in [0.717, 1.165) is 47.0 Å². The van der Waals surface area contributed by atoms with Gasteiger partial charge in [-0.25, -0.2) is 18.2 Å². The largest absolute Gasteiger partial charge is 0.490 e. The van der Waals surface area contributed by atoms with Gasteiger partial charge in [0.05, 0.1) is 12.7 Å². The molecule has 0 unspecified atom stereocenters. The Morgan fingerprint density at radius 2 is 1.73 bits per heavy atom. The Labute approximate surface area is 211 Å². The van der Waals surface area contributed by atoms with Gasteiger partial charge in [-0.15, -0.1) is 0 Å². The van der Waals surface area contributed by atoms with Gasteiger partial charge in [-0.3, -0.25) is 9.52 Å². The molecule has 0 spiro atoms. The van der Waals surface area contributed by atoms with Crippen LogP contribution in [0.25, 0.3) is 22.2 Å². The lowest BCUT2D eigenvalue weighted by Gasteiger charge is -2.22. The smallest absolute Gasteiger partial charge is 0.475 e. The van der Waals surface area contributed by atoms with E-state index in [1.165, 1.54) is 19.3 Å². The Morgan fingerprint density at radius 3 is 2.30 bits per heavy atom. The zero-order valence-electron chi connectivity index (χ0n) is 19.9. The second-order valence-corrected chi connectivity index (χ2v) is 10.5. The minimum Gasteiger partial charge on any atom is -0.475 e. The third kappa shape index (κ3) is 8.48. The summed E-state index contributed by atoms with van der Waals surface area (Å²) in [5.74, 6) is -2.72. The minimum absolute atomic E-state index is 0.0335. The number of carbonyl (C=O) groups is 2. The van der Waals surface area contributed by atoms with Crippen LogP contribution in [0, 0.1) is 0 Å². The molecule has 1 aliphatic carbocycles. The number of fused-ring (bicyclic) bond motifs is 1. The zero-order chi connectivity index (χ0) is 27.2. The fraction of sp³-hybridized carbons (Fsp3) is 0.375. The maximum atomic E-state index is 12.5. The summed E-state index contributed by atoms with van der Waals surface area (Å²) in [5.41, 5.74) is 3.99. The number of rotatable bonds is 6. The van der Waals surface area contributed by atoms with Crippen LogP contribution in [0.4, 0.5) is 18.9 Å². The summed E-state index contributed by atoms with van der Waals surface area (Å²) in [5, 5.41) is 11.2. The first-order chi connectivity index (χ1) is 17.3. The number of alkyl halides is 3. The molecule has 2 heterocycles. The summed E-state index contributed by atoms with van der Waals surface area (Å²) in [6.07, 6.45) is 3.81. The number of carboxylic acids is 1. The average Bonchev–Trinajstić information content (AvgIpc) is 3.21. The van der Waals surface area contributed by atoms with Crippen molar-refractivity contribution < 1.29 is 36.3 Å². The average molecular weight is 541 g/mol. The lowest BCUT2D eigenvalue weighted by atomic mass is 9.95. The lowest BCUT2D eigenvalue weighted by molar-refractivity contribution is -0.192. The molecule has 1 fully saturated rings. The highest BCUT2D eigenvalue weighted by Crippen LogP contribution is 2.29. The quantitative estimate of drug-likeness (QED) is 0.369. The Bertz CT molecular complexity index is 1350. The number of nitrogens with zero attached hydrogens (tertiary/aromatic N) is 1. The summed E-state index contributed by atoms with van der Waals surface area (Å²) in [7, 11) is -3.31. The van der Waals surface area contributed by atoms with E-state index in [4.69, 9.17) is 9.90 Å². The van der Waals surface area contributed by atoms with E-state index < -0.39 is 22.2 Å². The second kappa shape index (κ2) is 11.6. The number of amides is 1.